The van der Waals surface area contributed by atoms with Crippen molar-refractivity contribution in [3.8, 4) is 5.75 Å². The van der Waals surface area contributed by atoms with Gasteiger partial charge in [0.15, 0.2) is 0 Å². The molecule has 0 radical (unpaired) electrons. The number of anilines is 1. The van der Waals surface area contributed by atoms with Crippen LogP contribution < -0.4 is 15.4 Å². The number of ether oxygens (including phenoxy) is 2. The number of hydrogen-bond acceptors (Lipinski definition) is 6. The van der Waals surface area contributed by atoms with Crippen molar-refractivity contribution in [2.24, 2.45) is 0 Å². The Morgan fingerprint density at radius 3 is 2.62 bits per heavy atom. The van der Waals surface area contributed by atoms with Crippen molar-refractivity contribution >= 4 is 29.1 Å². The molecule has 0 unspecified atom stereocenters. The molecule has 4 atom stereocenters. The molecular formula is C25H30ClN3O5. The number of aliphatic hydroxyl groups excluding tert-OH is 1. The third kappa shape index (κ3) is 5.88. The molecule has 34 heavy (non-hydrogen) atoms. The molecule has 0 aliphatic carbocycles. The third-order valence-electron chi connectivity index (χ3n) is 6.06. The lowest BCUT2D eigenvalue weighted by atomic mass is 9.84. The number of fused-ring (bicyclic) bond motifs is 3. The summed E-state index contributed by atoms with van der Waals surface area (Å²) in [6.45, 7) is 0.484. The molecule has 4 rings (SSSR count). The molecule has 2 aliphatic heterocycles. The molecular weight excluding hydrogens is 458 g/mol. The number of carbonyl (C=O) groups excluding carboxylic acids is 2. The summed E-state index contributed by atoms with van der Waals surface area (Å²) in [6, 6.07) is 12.9. The van der Waals surface area contributed by atoms with Crippen LogP contribution in [0.4, 0.5) is 5.69 Å². The van der Waals surface area contributed by atoms with E-state index in [0.29, 0.717) is 23.7 Å². The summed E-state index contributed by atoms with van der Waals surface area (Å²) in [5.41, 5.74) is 2.61. The predicted molar refractivity (Wildman–Crippen MR) is 129 cm³/mol. The Morgan fingerprint density at radius 1 is 1.15 bits per heavy atom. The SMILES string of the molecule is CN(C)CC(=O)Nc1ccc2c(c1)[C@@H]1C[C@@H](CC(=O)NCc3ccc(Cl)cc3)O[C@@H](CO)[C@@H]1O2. The van der Waals surface area contributed by atoms with Crippen LogP contribution in [0.3, 0.4) is 0 Å². The summed E-state index contributed by atoms with van der Waals surface area (Å²) in [5, 5.41) is 16.4. The number of nitrogens with one attached hydrogen (secondary N) is 2. The number of likely N-dealkylation sites (N-methyl/N-ethyl adjacent to an activating group) is 1. The van der Waals surface area contributed by atoms with E-state index in [4.69, 9.17) is 21.1 Å². The minimum Gasteiger partial charge on any atom is -0.487 e. The second-order valence-electron chi connectivity index (χ2n) is 9.05. The summed E-state index contributed by atoms with van der Waals surface area (Å²) in [5.74, 6) is 0.450. The third-order valence-corrected chi connectivity index (χ3v) is 6.31. The Hall–Kier alpha value is -2.65. The van der Waals surface area contributed by atoms with Gasteiger partial charge in [-0.05, 0) is 56.4 Å². The topological polar surface area (TPSA) is 100 Å². The Labute approximate surface area is 204 Å². The average Bonchev–Trinajstić information content (AvgIpc) is 3.15. The smallest absolute Gasteiger partial charge is 0.238 e. The Bertz CT molecular complexity index is 1030. The van der Waals surface area contributed by atoms with Crippen LogP contribution >= 0.6 is 11.6 Å². The predicted octanol–water partition coefficient (Wildman–Crippen LogP) is 2.54. The zero-order valence-corrected chi connectivity index (χ0v) is 20.0. The standard InChI is InChI=1S/C25H30ClN3O5/c1-29(2)13-24(32)28-17-7-8-21-19(9-17)20-10-18(33-22(14-30)25(20)34-21)11-23(31)27-12-15-3-5-16(26)6-4-15/h3-9,18,20,22,25,30H,10-14H2,1-2H3,(H,27,31)(H,28,32)/t18-,20-,22-,25+/m0/s1. The summed E-state index contributed by atoms with van der Waals surface area (Å²) in [6.07, 6.45) is -0.460. The quantitative estimate of drug-likeness (QED) is 0.529. The zero-order chi connectivity index (χ0) is 24.2. The number of amides is 2. The van der Waals surface area contributed by atoms with Gasteiger partial charge in [0.2, 0.25) is 11.8 Å². The van der Waals surface area contributed by atoms with E-state index in [0.717, 1.165) is 16.9 Å². The second-order valence-corrected chi connectivity index (χ2v) is 9.49. The Kier molecular flexibility index (Phi) is 7.73. The maximum absolute atomic E-state index is 12.6. The first-order valence-electron chi connectivity index (χ1n) is 11.3. The van der Waals surface area contributed by atoms with Crippen LogP contribution in [-0.4, -0.2) is 67.4 Å². The fraction of sp³-hybridized carbons (Fsp3) is 0.440. The molecule has 182 valence electrons. The normalized spacial score (nSPS) is 23.1. The van der Waals surface area contributed by atoms with Crippen LogP contribution in [0.1, 0.15) is 29.9 Å². The van der Waals surface area contributed by atoms with E-state index in [1.54, 1.807) is 23.1 Å². The van der Waals surface area contributed by atoms with Gasteiger partial charge in [0, 0.05) is 28.7 Å². The number of halogens is 1. The van der Waals surface area contributed by atoms with Gasteiger partial charge in [-0.15, -0.1) is 0 Å². The average molecular weight is 488 g/mol. The fourth-order valence-electron chi connectivity index (χ4n) is 4.54. The molecule has 0 bridgehead atoms. The molecule has 2 amide bonds. The molecule has 3 N–H and O–H groups in total. The van der Waals surface area contributed by atoms with E-state index in [-0.39, 0.29) is 49.5 Å². The van der Waals surface area contributed by atoms with Crippen molar-refractivity contribution in [3.63, 3.8) is 0 Å². The Balaban J connectivity index is 1.41. The summed E-state index contributed by atoms with van der Waals surface area (Å²) < 4.78 is 12.1. The van der Waals surface area contributed by atoms with E-state index >= 15 is 0 Å². The van der Waals surface area contributed by atoms with E-state index in [1.807, 2.05) is 38.4 Å². The molecule has 2 aromatic carbocycles. The molecule has 0 saturated carbocycles. The van der Waals surface area contributed by atoms with Crippen molar-refractivity contribution in [1.82, 2.24) is 10.2 Å². The van der Waals surface area contributed by atoms with Crippen molar-refractivity contribution in [1.29, 1.82) is 0 Å². The minimum absolute atomic E-state index is 0.0410. The van der Waals surface area contributed by atoms with Crippen LogP contribution in [0.15, 0.2) is 42.5 Å². The van der Waals surface area contributed by atoms with Gasteiger partial charge in [-0.3, -0.25) is 9.59 Å². The van der Waals surface area contributed by atoms with Crippen LogP contribution in [0.25, 0.3) is 0 Å². The molecule has 2 heterocycles. The van der Waals surface area contributed by atoms with E-state index in [9.17, 15) is 14.7 Å². The van der Waals surface area contributed by atoms with Gasteiger partial charge in [0.1, 0.15) is 18.0 Å². The number of rotatable bonds is 8. The highest BCUT2D eigenvalue weighted by Gasteiger charge is 2.46. The lowest BCUT2D eigenvalue weighted by Crippen LogP contribution is -2.47. The Morgan fingerprint density at radius 2 is 1.91 bits per heavy atom. The number of nitrogens with zero attached hydrogens (tertiary/aromatic N) is 1. The highest BCUT2D eigenvalue weighted by Crippen LogP contribution is 2.47. The number of hydrogen-bond donors (Lipinski definition) is 3. The summed E-state index contributed by atoms with van der Waals surface area (Å²) in [4.78, 5) is 26.6. The zero-order valence-electron chi connectivity index (χ0n) is 19.3. The van der Waals surface area contributed by atoms with Gasteiger partial charge in [0.25, 0.3) is 0 Å². The van der Waals surface area contributed by atoms with Gasteiger partial charge in [-0.1, -0.05) is 23.7 Å². The largest absolute Gasteiger partial charge is 0.487 e. The summed E-state index contributed by atoms with van der Waals surface area (Å²) in [7, 11) is 3.67. The minimum atomic E-state index is -0.535. The number of carbonyl (C=O) groups is 2. The first-order valence-corrected chi connectivity index (χ1v) is 11.7. The van der Waals surface area contributed by atoms with Gasteiger partial charge in [-0.2, -0.15) is 0 Å². The van der Waals surface area contributed by atoms with E-state index in [2.05, 4.69) is 10.6 Å². The van der Waals surface area contributed by atoms with Crippen LogP contribution in [0.2, 0.25) is 5.02 Å². The number of benzene rings is 2. The monoisotopic (exact) mass is 487 g/mol. The van der Waals surface area contributed by atoms with Gasteiger partial charge in [0.05, 0.1) is 25.7 Å². The summed E-state index contributed by atoms with van der Waals surface area (Å²) >= 11 is 5.91. The van der Waals surface area contributed by atoms with Crippen LogP contribution in [0, 0.1) is 0 Å². The van der Waals surface area contributed by atoms with Crippen LogP contribution in [-0.2, 0) is 20.9 Å². The van der Waals surface area contributed by atoms with Crippen molar-refractivity contribution in [3.05, 3.63) is 58.6 Å². The first kappa shape index (κ1) is 24.5. The molecule has 2 aromatic rings. The van der Waals surface area contributed by atoms with Gasteiger partial charge < -0.3 is 30.1 Å². The first-order chi connectivity index (χ1) is 16.3. The molecule has 2 aliphatic rings. The second kappa shape index (κ2) is 10.7. The molecule has 1 saturated heterocycles. The highest BCUT2D eigenvalue weighted by atomic mass is 35.5. The van der Waals surface area contributed by atoms with Crippen LogP contribution in [0.5, 0.6) is 5.75 Å². The number of aliphatic hydroxyl groups is 1. The van der Waals surface area contributed by atoms with Gasteiger partial charge in [-0.25, -0.2) is 0 Å². The maximum Gasteiger partial charge on any atom is 0.238 e. The lowest BCUT2D eigenvalue weighted by molar-refractivity contribution is -0.142. The molecule has 0 aromatic heterocycles. The molecule has 0 spiro atoms. The van der Waals surface area contributed by atoms with Crippen molar-refractivity contribution in [2.75, 3.05) is 32.6 Å². The fourth-order valence-corrected chi connectivity index (χ4v) is 4.66. The molecule has 1 fully saturated rings. The molecule has 9 heteroatoms. The lowest BCUT2D eigenvalue weighted by Gasteiger charge is -2.37. The maximum atomic E-state index is 12.6. The van der Waals surface area contributed by atoms with Gasteiger partial charge >= 0.3 is 0 Å². The van der Waals surface area contributed by atoms with Crippen molar-refractivity contribution < 1.29 is 24.2 Å². The highest BCUT2D eigenvalue weighted by molar-refractivity contribution is 6.30. The van der Waals surface area contributed by atoms with E-state index < -0.39 is 6.10 Å². The van der Waals surface area contributed by atoms with E-state index in [1.165, 1.54) is 0 Å². The van der Waals surface area contributed by atoms with Crippen molar-refractivity contribution in [2.45, 2.75) is 43.6 Å². The molecule has 8 nitrogen and oxygen atoms in total.